The fraction of sp³-hybridized carbons (Fsp3) is 0.476. The second kappa shape index (κ2) is 7.19. The maximum Gasteiger partial charge on any atom is 0.243 e. The molecule has 3 rings (SSSR count). The smallest absolute Gasteiger partial charge is 0.243 e. The standard InChI is InChI=1S/C21H23N5O2S/c1-20(2)8-17-9-21(3,13-20)14-26(17)29(27,28)18-6-4-16(5-7-18)25-19(12-24)15(10-22)11-23/h4-7,17,25H,8-9,13-14H2,1-3H3. The average Bonchev–Trinajstić information content (AvgIpc) is 2.91. The molecule has 1 aliphatic heterocycles. The van der Waals surface area contributed by atoms with Crippen molar-refractivity contribution in [3.05, 3.63) is 35.5 Å². The van der Waals surface area contributed by atoms with Crippen LogP contribution in [0.1, 0.15) is 40.0 Å². The number of fused-ring (bicyclic) bond motifs is 2. The van der Waals surface area contributed by atoms with Gasteiger partial charge in [0.1, 0.15) is 23.9 Å². The summed E-state index contributed by atoms with van der Waals surface area (Å²) in [6.07, 6.45) is 2.74. The van der Waals surface area contributed by atoms with E-state index in [1.54, 1.807) is 22.5 Å². The quantitative estimate of drug-likeness (QED) is 0.760. The summed E-state index contributed by atoms with van der Waals surface area (Å²) in [6.45, 7) is 7.09. The van der Waals surface area contributed by atoms with Crippen molar-refractivity contribution in [1.82, 2.24) is 4.31 Å². The molecule has 2 bridgehead atoms. The molecule has 2 atom stereocenters. The number of nitriles is 3. The highest BCUT2D eigenvalue weighted by molar-refractivity contribution is 7.89. The molecule has 0 amide bonds. The highest BCUT2D eigenvalue weighted by Crippen LogP contribution is 2.53. The van der Waals surface area contributed by atoms with Crippen LogP contribution in [-0.4, -0.2) is 25.3 Å². The van der Waals surface area contributed by atoms with Gasteiger partial charge in [-0.3, -0.25) is 0 Å². The molecule has 1 aliphatic carbocycles. The van der Waals surface area contributed by atoms with Crippen LogP contribution >= 0.6 is 0 Å². The average molecular weight is 410 g/mol. The minimum absolute atomic E-state index is 0.00152. The molecule has 150 valence electrons. The topological polar surface area (TPSA) is 121 Å². The van der Waals surface area contributed by atoms with Crippen LogP contribution in [-0.2, 0) is 10.0 Å². The molecule has 1 aromatic rings. The first-order valence-corrected chi connectivity index (χ1v) is 10.8. The maximum atomic E-state index is 13.3. The van der Waals surface area contributed by atoms with Gasteiger partial charge in [0, 0.05) is 18.3 Å². The van der Waals surface area contributed by atoms with Crippen molar-refractivity contribution in [2.24, 2.45) is 10.8 Å². The van der Waals surface area contributed by atoms with E-state index < -0.39 is 10.0 Å². The summed E-state index contributed by atoms with van der Waals surface area (Å²) in [5.74, 6) is 0. The Morgan fingerprint density at radius 2 is 1.69 bits per heavy atom. The summed E-state index contributed by atoms with van der Waals surface area (Å²) in [4.78, 5) is 0.195. The first kappa shape index (κ1) is 20.9. The molecule has 0 radical (unpaired) electrons. The molecule has 1 heterocycles. The molecule has 8 heteroatoms. The predicted molar refractivity (Wildman–Crippen MR) is 107 cm³/mol. The van der Waals surface area contributed by atoms with Crippen LogP contribution in [0.25, 0.3) is 0 Å². The second-order valence-corrected chi connectivity index (χ2v) is 10.9. The summed E-state index contributed by atoms with van der Waals surface area (Å²) in [7, 11) is -3.63. The van der Waals surface area contributed by atoms with E-state index in [1.165, 1.54) is 24.3 Å². The summed E-state index contributed by atoms with van der Waals surface area (Å²) in [5.41, 5.74) is 0.0446. The van der Waals surface area contributed by atoms with Crippen LogP contribution < -0.4 is 5.32 Å². The molecular formula is C21H23N5O2S. The van der Waals surface area contributed by atoms with Gasteiger partial charge < -0.3 is 5.32 Å². The van der Waals surface area contributed by atoms with E-state index >= 15 is 0 Å². The van der Waals surface area contributed by atoms with Gasteiger partial charge in [0.15, 0.2) is 5.57 Å². The lowest BCUT2D eigenvalue weighted by Crippen LogP contribution is -2.37. The largest absolute Gasteiger partial charge is 0.345 e. The zero-order valence-corrected chi connectivity index (χ0v) is 17.5. The van der Waals surface area contributed by atoms with Crippen LogP contribution in [0.3, 0.4) is 0 Å². The van der Waals surface area contributed by atoms with E-state index in [2.05, 4.69) is 26.1 Å². The molecule has 7 nitrogen and oxygen atoms in total. The summed E-state index contributed by atoms with van der Waals surface area (Å²) in [5, 5.41) is 29.6. The SMILES string of the molecule is CC1(C)CC2CC(C)(CN2S(=O)(=O)c2ccc(NC(C#N)=C(C#N)C#N)cc2)C1. The Morgan fingerprint density at radius 3 is 2.24 bits per heavy atom. The third kappa shape index (κ3) is 3.98. The zero-order chi connectivity index (χ0) is 21.4. The third-order valence-electron chi connectivity index (χ3n) is 5.68. The van der Waals surface area contributed by atoms with E-state index in [4.69, 9.17) is 15.8 Å². The number of allylic oxidation sites excluding steroid dienone is 2. The summed E-state index contributed by atoms with van der Waals surface area (Å²) in [6, 6.07) is 11.1. The molecule has 1 saturated heterocycles. The fourth-order valence-electron chi connectivity index (χ4n) is 4.96. The van der Waals surface area contributed by atoms with Gasteiger partial charge in [-0.05, 0) is 54.4 Å². The monoisotopic (exact) mass is 409 g/mol. The molecule has 1 aromatic carbocycles. The Bertz CT molecular complexity index is 1070. The third-order valence-corrected chi connectivity index (χ3v) is 7.60. The second-order valence-electron chi connectivity index (χ2n) is 9.00. The van der Waals surface area contributed by atoms with Crippen molar-refractivity contribution in [3.63, 3.8) is 0 Å². The molecule has 1 N–H and O–H groups in total. The number of hydrogen-bond acceptors (Lipinski definition) is 6. The van der Waals surface area contributed by atoms with E-state index in [9.17, 15) is 8.42 Å². The van der Waals surface area contributed by atoms with Gasteiger partial charge in [-0.25, -0.2) is 8.42 Å². The Hall–Kier alpha value is -2.86. The fourth-order valence-corrected chi connectivity index (χ4v) is 6.74. The number of hydrogen-bond donors (Lipinski definition) is 1. The van der Waals surface area contributed by atoms with E-state index in [0.29, 0.717) is 12.2 Å². The number of benzene rings is 1. The van der Waals surface area contributed by atoms with Gasteiger partial charge in [0.25, 0.3) is 0 Å². The van der Waals surface area contributed by atoms with Gasteiger partial charge in [-0.15, -0.1) is 0 Å². The van der Waals surface area contributed by atoms with Crippen molar-refractivity contribution < 1.29 is 8.42 Å². The van der Waals surface area contributed by atoms with E-state index in [1.807, 2.05) is 0 Å². The minimum atomic E-state index is -3.63. The van der Waals surface area contributed by atoms with Gasteiger partial charge in [0.2, 0.25) is 10.0 Å². The van der Waals surface area contributed by atoms with Crippen LogP contribution in [0.15, 0.2) is 40.4 Å². The van der Waals surface area contributed by atoms with Crippen molar-refractivity contribution in [1.29, 1.82) is 15.8 Å². The highest BCUT2D eigenvalue weighted by atomic mass is 32.2. The lowest BCUT2D eigenvalue weighted by molar-refractivity contribution is 0.133. The normalized spacial score (nSPS) is 25.3. The van der Waals surface area contributed by atoms with Crippen molar-refractivity contribution in [2.45, 2.75) is 51.0 Å². The lowest BCUT2D eigenvalue weighted by Gasteiger charge is -2.39. The predicted octanol–water partition coefficient (Wildman–Crippen LogP) is 3.51. The summed E-state index contributed by atoms with van der Waals surface area (Å²) < 4.78 is 28.2. The molecule has 2 unspecified atom stereocenters. The maximum absolute atomic E-state index is 13.3. The van der Waals surface area contributed by atoms with Crippen LogP contribution in [0.5, 0.6) is 0 Å². The zero-order valence-electron chi connectivity index (χ0n) is 16.7. The summed E-state index contributed by atoms with van der Waals surface area (Å²) >= 11 is 0. The lowest BCUT2D eigenvalue weighted by atomic mass is 9.65. The first-order valence-electron chi connectivity index (χ1n) is 9.37. The molecule has 29 heavy (non-hydrogen) atoms. The van der Waals surface area contributed by atoms with Crippen molar-refractivity contribution in [2.75, 3.05) is 11.9 Å². The number of anilines is 1. The molecule has 1 saturated carbocycles. The van der Waals surface area contributed by atoms with E-state index in [0.717, 1.165) is 19.3 Å². The number of rotatable bonds is 4. The van der Waals surface area contributed by atoms with Gasteiger partial charge in [0.05, 0.1) is 4.90 Å². The molecule has 0 aromatic heterocycles. The van der Waals surface area contributed by atoms with Gasteiger partial charge in [-0.1, -0.05) is 20.8 Å². The van der Waals surface area contributed by atoms with Crippen molar-refractivity contribution in [3.8, 4) is 18.2 Å². The van der Waals surface area contributed by atoms with Crippen LogP contribution in [0, 0.1) is 44.8 Å². The Morgan fingerprint density at radius 1 is 1.07 bits per heavy atom. The van der Waals surface area contributed by atoms with E-state index in [-0.39, 0.29) is 33.0 Å². The Labute approximate surface area is 171 Å². The number of sulfonamides is 1. The Balaban J connectivity index is 1.85. The molecule has 2 fully saturated rings. The van der Waals surface area contributed by atoms with Crippen LogP contribution in [0.2, 0.25) is 0 Å². The molecular weight excluding hydrogens is 386 g/mol. The molecule has 0 spiro atoms. The van der Waals surface area contributed by atoms with Gasteiger partial charge >= 0.3 is 0 Å². The highest BCUT2D eigenvalue weighted by Gasteiger charge is 2.53. The van der Waals surface area contributed by atoms with Gasteiger partial charge in [-0.2, -0.15) is 20.1 Å². The minimum Gasteiger partial charge on any atom is -0.345 e. The van der Waals surface area contributed by atoms with Crippen LogP contribution in [0.4, 0.5) is 5.69 Å². The Kier molecular flexibility index (Phi) is 5.17. The number of nitrogens with one attached hydrogen (secondary N) is 1. The molecule has 2 aliphatic rings. The number of nitrogens with zero attached hydrogens (tertiary/aromatic N) is 4. The van der Waals surface area contributed by atoms with Crippen molar-refractivity contribution >= 4 is 15.7 Å². The first-order chi connectivity index (χ1) is 13.5.